The van der Waals surface area contributed by atoms with Crippen LogP contribution in [0, 0.1) is 6.92 Å². The number of fused-ring (bicyclic) bond motifs is 1. The van der Waals surface area contributed by atoms with Gasteiger partial charge in [0, 0.05) is 24.6 Å². The Morgan fingerprint density at radius 1 is 1.48 bits per heavy atom. The molecule has 0 aliphatic carbocycles. The lowest BCUT2D eigenvalue weighted by Gasteiger charge is -2.29. The number of amides is 1. The van der Waals surface area contributed by atoms with Crippen molar-refractivity contribution in [1.29, 1.82) is 0 Å². The van der Waals surface area contributed by atoms with E-state index in [-0.39, 0.29) is 12.5 Å². The van der Waals surface area contributed by atoms with Gasteiger partial charge in [-0.25, -0.2) is 4.98 Å². The second kappa shape index (κ2) is 5.83. The van der Waals surface area contributed by atoms with Crippen molar-refractivity contribution in [3.8, 4) is 17.0 Å². The summed E-state index contributed by atoms with van der Waals surface area (Å²) >= 11 is 1.61. The van der Waals surface area contributed by atoms with E-state index in [1.54, 1.807) is 23.3 Å². The van der Waals surface area contributed by atoms with E-state index >= 15 is 0 Å². The van der Waals surface area contributed by atoms with E-state index in [4.69, 9.17) is 9.47 Å². The highest BCUT2D eigenvalue weighted by Gasteiger charge is 2.25. The van der Waals surface area contributed by atoms with Crippen LogP contribution in [-0.4, -0.2) is 37.8 Å². The topological polar surface area (TPSA) is 51.7 Å². The molecular weight excluding hydrogens is 288 g/mol. The van der Waals surface area contributed by atoms with E-state index < -0.39 is 0 Å². The van der Waals surface area contributed by atoms with Gasteiger partial charge >= 0.3 is 0 Å². The Morgan fingerprint density at radius 2 is 2.33 bits per heavy atom. The fraction of sp³-hybridized carbons (Fsp3) is 0.333. The zero-order valence-electron chi connectivity index (χ0n) is 12.0. The van der Waals surface area contributed by atoms with Crippen molar-refractivity contribution >= 4 is 22.9 Å². The highest BCUT2D eigenvalue weighted by atomic mass is 32.1. The predicted molar refractivity (Wildman–Crippen MR) is 82.0 cm³/mol. The maximum Gasteiger partial charge on any atom is 0.265 e. The highest BCUT2D eigenvalue weighted by molar-refractivity contribution is 7.09. The Kier molecular flexibility index (Phi) is 3.90. The van der Waals surface area contributed by atoms with E-state index in [0.29, 0.717) is 13.2 Å². The Hall–Kier alpha value is -1.92. The molecule has 1 aromatic heterocycles. The van der Waals surface area contributed by atoms with E-state index in [0.717, 1.165) is 27.7 Å². The standard InChI is InChI=1S/C15H16N2O3S/c1-10-16-12(9-21-10)11-3-4-14-13(7-11)17(5-6-19-2)15(18)8-20-14/h3-4,7,9H,5-6,8H2,1-2H3. The van der Waals surface area contributed by atoms with E-state index in [2.05, 4.69) is 4.98 Å². The number of carbonyl (C=O) groups excluding carboxylic acids is 1. The molecule has 0 saturated heterocycles. The Balaban J connectivity index is 1.98. The van der Waals surface area contributed by atoms with Gasteiger partial charge in [0.1, 0.15) is 5.75 Å². The van der Waals surface area contributed by atoms with Crippen LogP contribution in [0.1, 0.15) is 5.01 Å². The fourth-order valence-electron chi connectivity index (χ4n) is 2.29. The van der Waals surface area contributed by atoms with E-state index in [9.17, 15) is 4.79 Å². The molecule has 0 fully saturated rings. The molecule has 2 aromatic rings. The van der Waals surface area contributed by atoms with Gasteiger partial charge in [0.2, 0.25) is 0 Å². The number of nitrogens with zero attached hydrogens (tertiary/aromatic N) is 2. The van der Waals surface area contributed by atoms with Crippen LogP contribution in [0.5, 0.6) is 5.75 Å². The molecule has 0 N–H and O–H groups in total. The molecule has 0 spiro atoms. The minimum atomic E-state index is -0.0499. The van der Waals surface area contributed by atoms with Crippen LogP contribution in [-0.2, 0) is 9.53 Å². The first kappa shape index (κ1) is 14.0. The summed E-state index contributed by atoms with van der Waals surface area (Å²) in [6, 6.07) is 5.82. The van der Waals surface area contributed by atoms with Crippen LogP contribution in [0.3, 0.4) is 0 Å². The molecule has 110 valence electrons. The summed E-state index contributed by atoms with van der Waals surface area (Å²) in [6.07, 6.45) is 0. The van der Waals surface area contributed by atoms with Gasteiger partial charge in [-0.05, 0) is 25.1 Å². The summed E-state index contributed by atoms with van der Waals surface area (Å²) in [6.45, 7) is 3.06. The SMILES string of the molecule is COCCN1C(=O)COc2ccc(-c3csc(C)n3)cc21. The maximum absolute atomic E-state index is 12.0. The molecule has 21 heavy (non-hydrogen) atoms. The minimum Gasteiger partial charge on any atom is -0.482 e. The summed E-state index contributed by atoms with van der Waals surface area (Å²) in [5, 5.41) is 3.04. The van der Waals surface area contributed by atoms with Crippen molar-refractivity contribution in [2.24, 2.45) is 0 Å². The lowest BCUT2D eigenvalue weighted by atomic mass is 10.1. The van der Waals surface area contributed by atoms with Gasteiger partial charge in [0.25, 0.3) is 5.91 Å². The van der Waals surface area contributed by atoms with Gasteiger partial charge in [-0.1, -0.05) is 0 Å². The molecule has 3 rings (SSSR count). The first-order valence-corrected chi connectivity index (χ1v) is 7.55. The largest absolute Gasteiger partial charge is 0.482 e. The number of hydrogen-bond acceptors (Lipinski definition) is 5. The lowest BCUT2D eigenvalue weighted by molar-refractivity contribution is -0.121. The number of anilines is 1. The van der Waals surface area contributed by atoms with E-state index in [1.165, 1.54) is 0 Å². The summed E-state index contributed by atoms with van der Waals surface area (Å²) in [4.78, 5) is 18.2. The van der Waals surface area contributed by atoms with Gasteiger partial charge in [-0.3, -0.25) is 4.79 Å². The van der Waals surface area contributed by atoms with Gasteiger partial charge in [0.05, 0.1) is 23.0 Å². The molecule has 1 aromatic carbocycles. The maximum atomic E-state index is 12.0. The van der Waals surface area contributed by atoms with Crippen molar-refractivity contribution in [3.63, 3.8) is 0 Å². The average molecular weight is 304 g/mol. The smallest absolute Gasteiger partial charge is 0.265 e. The van der Waals surface area contributed by atoms with Crippen molar-refractivity contribution in [3.05, 3.63) is 28.6 Å². The van der Waals surface area contributed by atoms with Gasteiger partial charge in [-0.2, -0.15) is 0 Å². The number of aromatic nitrogens is 1. The molecule has 2 heterocycles. The van der Waals surface area contributed by atoms with Gasteiger partial charge in [-0.15, -0.1) is 11.3 Å². The first-order valence-electron chi connectivity index (χ1n) is 6.67. The zero-order chi connectivity index (χ0) is 14.8. The van der Waals surface area contributed by atoms with Crippen LogP contribution in [0.15, 0.2) is 23.6 Å². The van der Waals surface area contributed by atoms with E-state index in [1.807, 2.05) is 30.5 Å². The Morgan fingerprint density at radius 3 is 3.05 bits per heavy atom. The summed E-state index contributed by atoms with van der Waals surface area (Å²) in [5.41, 5.74) is 2.69. The third kappa shape index (κ3) is 2.77. The number of thiazole rings is 1. The highest BCUT2D eigenvalue weighted by Crippen LogP contribution is 2.36. The Labute approximate surface area is 127 Å². The third-order valence-corrected chi connectivity index (χ3v) is 4.11. The minimum absolute atomic E-state index is 0.0499. The molecule has 0 radical (unpaired) electrons. The van der Waals surface area contributed by atoms with Crippen LogP contribution in [0.4, 0.5) is 5.69 Å². The second-order valence-corrected chi connectivity index (χ2v) is 5.82. The molecule has 0 atom stereocenters. The molecule has 0 saturated carbocycles. The van der Waals surface area contributed by atoms with Crippen LogP contribution < -0.4 is 9.64 Å². The van der Waals surface area contributed by atoms with Crippen molar-refractivity contribution < 1.29 is 14.3 Å². The van der Waals surface area contributed by atoms with Gasteiger partial charge in [0.15, 0.2) is 6.61 Å². The number of ether oxygens (including phenoxy) is 2. The zero-order valence-corrected chi connectivity index (χ0v) is 12.8. The normalized spacial score (nSPS) is 14.0. The number of aryl methyl sites for hydroxylation is 1. The number of benzene rings is 1. The summed E-state index contributed by atoms with van der Waals surface area (Å²) in [5.74, 6) is 0.674. The third-order valence-electron chi connectivity index (χ3n) is 3.34. The molecule has 0 unspecified atom stereocenters. The van der Waals surface area contributed by atoms with Crippen molar-refractivity contribution in [2.75, 3.05) is 31.8 Å². The summed E-state index contributed by atoms with van der Waals surface area (Å²) < 4.78 is 10.6. The first-order chi connectivity index (χ1) is 10.2. The molecular formula is C15H16N2O3S. The molecule has 5 nitrogen and oxygen atoms in total. The van der Waals surface area contributed by atoms with Crippen LogP contribution in [0.25, 0.3) is 11.3 Å². The Bertz CT molecular complexity index is 669. The lowest BCUT2D eigenvalue weighted by Crippen LogP contribution is -2.40. The van der Waals surface area contributed by atoms with Crippen molar-refractivity contribution in [2.45, 2.75) is 6.92 Å². The number of methoxy groups -OCH3 is 1. The van der Waals surface area contributed by atoms with Crippen LogP contribution >= 0.6 is 11.3 Å². The molecule has 6 heteroatoms. The number of hydrogen-bond donors (Lipinski definition) is 0. The predicted octanol–water partition coefficient (Wildman–Crippen LogP) is 2.49. The fourth-order valence-corrected chi connectivity index (χ4v) is 2.91. The molecule has 1 aliphatic rings. The second-order valence-electron chi connectivity index (χ2n) is 4.76. The molecule has 0 bridgehead atoms. The van der Waals surface area contributed by atoms with Gasteiger partial charge < -0.3 is 14.4 Å². The number of rotatable bonds is 4. The van der Waals surface area contributed by atoms with Crippen LogP contribution in [0.2, 0.25) is 0 Å². The van der Waals surface area contributed by atoms with Crippen molar-refractivity contribution in [1.82, 2.24) is 4.98 Å². The molecule has 1 amide bonds. The monoisotopic (exact) mass is 304 g/mol. The molecule has 1 aliphatic heterocycles. The quantitative estimate of drug-likeness (QED) is 0.871. The number of carbonyl (C=O) groups is 1. The average Bonchev–Trinajstić information content (AvgIpc) is 2.92. The summed E-state index contributed by atoms with van der Waals surface area (Å²) in [7, 11) is 1.63.